The Bertz CT molecular complexity index is 1200. The van der Waals surface area contributed by atoms with Gasteiger partial charge in [-0.05, 0) is 67.0 Å². The highest BCUT2D eigenvalue weighted by atomic mass is 15.0. The van der Waals surface area contributed by atoms with Gasteiger partial charge < -0.3 is 10.6 Å². The normalized spacial score (nSPS) is 16.2. The molecule has 2 aromatic carbocycles. The number of nitrogens with one attached hydrogen (secondary N) is 2. The van der Waals surface area contributed by atoms with E-state index in [-0.39, 0.29) is 6.04 Å². The van der Waals surface area contributed by atoms with Crippen molar-refractivity contribution < 1.29 is 0 Å². The topological polar surface area (TPSA) is 37.0 Å². The maximum atomic E-state index is 4.36. The number of allylic oxidation sites excluding steroid dienone is 1. The molecule has 1 saturated heterocycles. The molecule has 1 aromatic heterocycles. The molecule has 0 amide bonds. The maximum Gasteiger partial charge on any atom is 0.0485 e. The molecule has 3 nitrogen and oxygen atoms in total. The van der Waals surface area contributed by atoms with Crippen LogP contribution in [0.5, 0.6) is 0 Å². The van der Waals surface area contributed by atoms with Crippen LogP contribution in [0.4, 0.5) is 0 Å². The van der Waals surface area contributed by atoms with Crippen LogP contribution in [0, 0.1) is 12.3 Å². The fourth-order valence-electron chi connectivity index (χ4n) is 5.27. The molecule has 1 aliphatic carbocycles. The SMILES string of the molecule is C=C(NC(C)c1ccc(C(=C2CC3(CNC3)C2)c2ccc(C)cc2)cc1)c1cncc(CC)c1.CC. The largest absolute Gasteiger partial charge is 0.378 e. The van der Waals surface area contributed by atoms with Gasteiger partial charge in [-0.15, -0.1) is 0 Å². The lowest BCUT2D eigenvalue weighted by molar-refractivity contribution is 0.113. The molecule has 1 aliphatic heterocycles. The lowest BCUT2D eigenvalue weighted by Crippen LogP contribution is -2.58. The Morgan fingerprint density at radius 1 is 0.972 bits per heavy atom. The summed E-state index contributed by atoms with van der Waals surface area (Å²) in [5.74, 6) is 0. The smallest absolute Gasteiger partial charge is 0.0485 e. The minimum Gasteiger partial charge on any atom is -0.378 e. The molecule has 2 fully saturated rings. The first-order valence-corrected chi connectivity index (χ1v) is 13.5. The predicted molar refractivity (Wildman–Crippen MR) is 154 cm³/mol. The van der Waals surface area contributed by atoms with E-state index in [0.29, 0.717) is 5.41 Å². The van der Waals surface area contributed by atoms with Crippen molar-refractivity contribution in [3.8, 4) is 0 Å². The molecule has 1 atom stereocenters. The van der Waals surface area contributed by atoms with Gasteiger partial charge in [-0.1, -0.05) is 87.0 Å². The van der Waals surface area contributed by atoms with E-state index in [1.165, 1.54) is 59.3 Å². The number of hydrogen-bond acceptors (Lipinski definition) is 3. The lowest BCUT2D eigenvalue weighted by atomic mass is 9.60. The maximum absolute atomic E-state index is 4.36. The van der Waals surface area contributed by atoms with Gasteiger partial charge in [0.25, 0.3) is 0 Å². The van der Waals surface area contributed by atoms with Crippen LogP contribution in [0.2, 0.25) is 0 Å². The summed E-state index contributed by atoms with van der Waals surface area (Å²) in [6.07, 6.45) is 7.21. The second-order valence-corrected chi connectivity index (χ2v) is 10.2. The molecule has 5 rings (SSSR count). The summed E-state index contributed by atoms with van der Waals surface area (Å²) in [4.78, 5) is 4.36. The average Bonchev–Trinajstić information content (AvgIpc) is 2.87. The molecule has 1 unspecified atom stereocenters. The summed E-state index contributed by atoms with van der Waals surface area (Å²) in [5, 5.41) is 7.03. The van der Waals surface area contributed by atoms with Gasteiger partial charge in [0.1, 0.15) is 0 Å². The summed E-state index contributed by atoms with van der Waals surface area (Å²) in [6.45, 7) is 17.1. The molecular formula is C33H41N3. The van der Waals surface area contributed by atoms with E-state index in [9.17, 15) is 0 Å². The molecule has 3 aromatic rings. The zero-order chi connectivity index (χ0) is 25.7. The number of aryl methyl sites for hydroxylation is 2. The minimum absolute atomic E-state index is 0.162. The Kier molecular flexibility index (Phi) is 8.11. The fraction of sp³-hybridized carbons (Fsp3) is 0.364. The van der Waals surface area contributed by atoms with Gasteiger partial charge in [0.15, 0.2) is 0 Å². The molecule has 3 heteroatoms. The number of pyridine rings is 1. The van der Waals surface area contributed by atoms with E-state index < -0.39 is 0 Å². The first kappa shape index (κ1) is 25.9. The predicted octanol–water partition coefficient (Wildman–Crippen LogP) is 7.49. The summed E-state index contributed by atoms with van der Waals surface area (Å²) >= 11 is 0. The van der Waals surface area contributed by atoms with Gasteiger partial charge in [0.05, 0.1) is 0 Å². The molecule has 0 radical (unpaired) electrons. The zero-order valence-electron chi connectivity index (χ0n) is 22.6. The molecule has 1 spiro atoms. The van der Waals surface area contributed by atoms with Crippen molar-refractivity contribution in [3.63, 3.8) is 0 Å². The molecular weight excluding hydrogens is 438 g/mol. The molecule has 2 aliphatic rings. The quantitative estimate of drug-likeness (QED) is 0.369. The van der Waals surface area contributed by atoms with Crippen molar-refractivity contribution in [3.05, 3.63) is 113 Å². The summed E-state index contributed by atoms with van der Waals surface area (Å²) in [6, 6.07) is 20.4. The van der Waals surface area contributed by atoms with Gasteiger partial charge in [-0.25, -0.2) is 0 Å². The van der Waals surface area contributed by atoms with Gasteiger partial charge in [0, 0.05) is 48.2 Å². The first-order chi connectivity index (χ1) is 17.5. The third-order valence-corrected chi connectivity index (χ3v) is 7.51. The van der Waals surface area contributed by atoms with Gasteiger partial charge in [-0.2, -0.15) is 0 Å². The zero-order valence-corrected chi connectivity index (χ0v) is 22.6. The summed E-state index contributed by atoms with van der Waals surface area (Å²) < 4.78 is 0. The van der Waals surface area contributed by atoms with E-state index in [0.717, 1.165) is 17.7 Å². The summed E-state index contributed by atoms with van der Waals surface area (Å²) in [7, 11) is 0. The van der Waals surface area contributed by atoms with Crippen LogP contribution < -0.4 is 10.6 Å². The van der Waals surface area contributed by atoms with Crippen LogP contribution in [0.3, 0.4) is 0 Å². The average molecular weight is 480 g/mol. The highest BCUT2D eigenvalue weighted by molar-refractivity contribution is 5.83. The van der Waals surface area contributed by atoms with Gasteiger partial charge in [0.2, 0.25) is 0 Å². The van der Waals surface area contributed by atoms with Crippen molar-refractivity contribution in [2.45, 2.75) is 59.9 Å². The Balaban J connectivity index is 0.00000148. The Hall–Kier alpha value is -3.17. The molecule has 188 valence electrons. The lowest BCUT2D eigenvalue weighted by Gasteiger charge is -2.52. The molecule has 36 heavy (non-hydrogen) atoms. The number of nitrogens with zero attached hydrogens (tertiary/aromatic N) is 1. The van der Waals surface area contributed by atoms with Crippen LogP contribution in [-0.2, 0) is 6.42 Å². The highest BCUT2D eigenvalue weighted by Crippen LogP contribution is 2.51. The number of aromatic nitrogens is 1. The molecule has 2 N–H and O–H groups in total. The van der Waals surface area contributed by atoms with E-state index in [4.69, 9.17) is 0 Å². The minimum atomic E-state index is 0.162. The van der Waals surface area contributed by atoms with Crippen molar-refractivity contribution in [2.24, 2.45) is 5.41 Å². The second kappa shape index (κ2) is 11.3. The Morgan fingerprint density at radius 2 is 1.58 bits per heavy atom. The summed E-state index contributed by atoms with van der Waals surface area (Å²) in [5.41, 5.74) is 11.9. The Morgan fingerprint density at radius 3 is 2.14 bits per heavy atom. The van der Waals surface area contributed by atoms with Crippen LogP contribution in [0.15, 0.2) is 79.1 Å². The number of hydrogen-bond donors (Lipinski definition) is 2. The number of rotatable bonds is 7. The van der Waals surface area contributed by atoms with Gasteiger partial charge >= 0.3 is 0 Å². The van der Waals surface area contributed by atoms with Crippen LogP contribution >= 0.6 is 0 Å². The monoisotopic (exact) mass is 479 g/mol. The van der Waals surface area contributed by atoms with E-state index in [1.54, 1.807) is 5.57 Å². The van der Waals surface area contributed by atoms with E-state index >= 15 is 0 Å². The van der Waals surface area contributed by atoms with E-state index in [1.807, 2.05) is 26.2 Å². The third-order valence-electron chi connectivity index (χ3n) is 7.51. The van der Waals surface area contributed by atoms with Crippen molar-refractivity contribution in [2.75, 3.05) is 13.1 Å². The molecule has 2 heterocycles. The fourth-order valence-corrected chi connectivity index (χ4v) is 5.27. The van der Waals surface area contributed by atoms with Crippen LogP contribution in [0.1, 0.15) is 80.0 Å². The van der Waals surface area contributed by atoms with Crippen LogP contribution in [0.25, 0.3) is 11.3 Å². The first-order valence-electron chi connectivity index (χ1n) is 13.5. The van der Waals surface area contributed by atoms with Crippen molar-refractivity contribution >= 4 is 11.3 Å². The number of benzene rings is 2. The van der Waals surface area contributed by atoms with Crippen molar-refractivity contribution in [1.82, 2.24) is 15.6 Å². The van der Waals surface area contributed by atoms with Gasteiger partial charge in [-0.3, -0.25) is 4.98 Å². The van der Waals surface area contributed by atoms with Crippen LogP contribution in [-0.4, -0.2) is 18.1 Å². The highest BCUT2D eigenvalue weighted by Gasteiger charge is 2.46. The molecule has 1 saturated carbocycles. The second-order valence-electron chi connectivity index (χ2n) is 10.2. The standard InChI is InChI=1S/C31H35N3.C2H6/c1-5-24-14-28(18-32-17-24)23(4)34-22(3)25-10-12-27(13-11-25)30(26-8-6-21(2)7-9-26)29-15-31(16-29)19-33-20-31;1-2/h6-14,17-18,22,33-34H,4-5,15-16,19-20H2,1-3H3;1-2H3. The van der Waals surface area contributed by atoms with E-state index in [2.05, 4.69) is 97.6 Å². The van der Waals surface area contributed by atoms with Crippen molar-refractivity contribution in [1.29, 1.82) is 0 Å². The third kappa shape index (κ3) is 5.47. The Labute approximate surface area is 217 Å². The molecule has 0 bridgehead atoms.